The Morgan fingerprint density at radius 3 is 2.81 bits per heavy atom. The number of para-hydroxylation sites is 2. The van der Waals surface area contributed by atoms with Gasteiger partial charge in [0.05, 0.1) is 7.11 Å². The summed E-state index contributed by atoms with van der Waals surface area (Å²) in [6.07, 6.45) is 4.41. The van der Waals surface area contributed by atoms with Gasteiger partial charge < -0.3 is 19.2 Å². The molecule has 0 radical (unpaired) electrons. The molecule has 1 N–H and O–H groups in total. The fourth-order valence-electron chi connectivity index (χ4n) is 2.43. The van der Waals surface area contributed by atoms with E-state index in [1.54, 1.807) is 25.4 Å². The molecule has 7 nitrogen and oxygen atoms in total. The number of benzene rings is 1. The molecule has 0 unspecified atom stereocenters. The Balaban J connectivity index is 1.45. The van der Waals surface area contributed by atoms with Crippen molar-refractivity contribution in [3.8, 4) is 11.5 Å². The molecular formula is C19H21N3O4. The number of carbonyl (C=O) groups excluding carboxylic acids is 1. The third-order valence-corrected chi connectivity index (χ3v) is 3.73. The smallest absolute Gasteiger partial charge is 0.286 e. The second kappa shape index (κ2) is 8.75. The van der Waals surface area contributed by atoms with Crippen molar-refractivity contribution in [2.24, 2.45) is 0 Å². The van der Waals surface area contributed by atoms with Gasteiger partial charge in [-0.05, 0) is 36.8 Å². The molecule has 0 aliphatic rings. The molecule has 3 aromatic rings. The number of rotatable bonds is 9. The molecule has 0 saturated carbocycles. The predicted octanol–water partition coefficient (Wildman–Crippen LogP) is 2.88. The minimum atomic E-state index is -0.242. The van der Waals surface area contributed by atoms with Gasteiger partial charge in [0.25, 0.3) is 5.91 Å². The maximum Gasteiger partial charge on any atom is 0.286 e. The maximum atomic E-state index is 12.1. The van der Waals surface area contributed by atoms with Crippen molar-refractivity contribution >= 4 is 5.91 Å². The zero-order valence-corrected chi connectivity index (χ0v) is 14.6. The normalized spacial score (nSPS) is 10.5. The van der Waals surface area contributed by atoms with Crippen LogP contribution < -0.4 is 14.8 Å². The summed E-state index contributed by atoms with van der Waals surface area (Å²) in [5, 5.41) is 6.95. The van der Waals surface area contributed by atoms with Crippen LogP contribution in [-0.2, 0) is 13.2 Å². The van der Waals surface area contributed by atoms with Crippen LogP contribution in [0.2, 0.25) is 0 Å². The summed E-state index contributed by atoms with van der Waals surface area (Å²) >= 11 is 0. The van der Waals surface area contributed by atoms with Crippen molar-refractivity contribution in [3.05, 3.63) is 66.4 Å². The lowest BCUT2D eigenvalue weighted by Gasteiger charge is -2.08. The van der Waals surface area contributed by atoms with E-state index in [0.29, 0.717) is 23.8 Å². The van der Waals surface area contributed by atoms with Crippen LogP contribution in [0.15, 0.2) is 59.3 Å². The quantitative estimate of drug-likeness (QED) is 0.597. The molecule has 0 bridgehead atoms. The number of aromatic nitrogens is 2. The number of carbonyl (C=O) groups is 1. The molecule has 2 heterocycles. The first-order chi connectivity index (χ1) is 12.8. The van der Waals surface area contributed by atoms with E-state index in [1.807, 2.05) is 41.2 Å². The number of amides is 1. The second-order valence-corrected chi connectivity index (χ2v) is 5.58. The van der Waals surface area contributed by atoms with E-state index in [-0.39, 0.29) is 18.3 Å². The van der Waals surface area contributed by atoms with Crippen LogP contribution in [0.1, 0.15) is 22.7 Å². The van der Waals surface area contributed by atoms with Crippen molar-refractivity contribution in [1.82, 2.24) is 15.1 Å². The zero-order chi connectivity index (χ0) is 18.2. The van der Waals surface area contributed by atoms with Crippen LogP contribution in [0.3, 0.4) is 0 Å². The Hall–Kier alpha value is -3.22. The largest absolute Gasteiger partial charge is 0.493 e. The minimum absolute atomic E-state index is 0.215. The van der Waals surface area contributed by atoms with Crippen molar-refractivity contribution in [2.75, 3.05) is 13.7 Å². The topological polar surface area (TPSA) is 78.5 Å². The minimum Gasteiger partial charge on any atom is -0.493 e. The van der Waals surface area contributed by atoms with Crippen LogP contribution in [-0.4, -0.2) is 29.3 Å². The van der Waals surface area contributed by atoms with Gasteiger partial charge in [-0.25, -0.2) is 0 Å². The van der Waals surface area contributed by atoms with Crippen molar-refractivity contribution in [2.45, 2.75) is 19.6 Å². The average molecular weight is 355 g/mol. The summed E-state index contributed by atoms with van der Waals surface area (Å²) in [7, 11) is 1.59. The highest BCUT2D eigenvalue weighted by atomic mass is 16.5. The van der Waals surface area contributed by atoms with Gasteiger partial charge in [0.1, 0.15) is 12.4 Å². The van der Waals surface area contributed by atoms with E-state index in [4.69, 9.17) is 13.9 Å². The number of furan rings is 1. The summed E-state index contributed by atoms with van der Waals surface area (Å²) in [5.41, 5.74) is 0. The Bertz CT molecular complexity index is 827. The summed E-state index contributed by atoms with van der Waals surface area (Å²) in [4.78, 5) is 12.1. The van der Waals surface area contributed by atoms with Crippen LogP contribution in [0.4, 0.5) is 0 Å². The Morgan fingerprint density at radius 1 is 1.19 bits per heavy atom. The standard InChI is InChI=1S/C19H21N3O4/c1-24-16-6-2-3-7-17(16)25-14-15-8-9-18(26-15)19(23)20-10-4-12-22-13-5-11-21-22/h2-3,5-9,11,13H,4,10,12,14H2,1H3,(H,20,23). The zero-order valence-electron chi connectivity index (χ0n) is 14.6. The molecule has 136 valence electrons. The van der Waals surface area contributed by atoms with Gasteiger partial charge in [0.2, 0.25) is 0 Å². The van der Waals surface area contributed by atoms with Crippen LogP contribution in [0.5, 0.6) is 11.5 Å². The Labute approximate surface area is 151 Å². The highest BCUT2D eigenvalue weighted by Crippen LogP contribution is 2.26. The molecule has 3 rings (SSSR count). The third kappa shape index (κ3) is 4.66. The van der Waals surface area contributed by atoms with E-state index >= 15 is 0 Å². The summed E-state index contributed by atoms with van der Waals surface area (Å²) in [6.45, 7) is 1.52. The molecule has 0 spiro atoms. The monoisotopic (exact) mass is 355 g/mol. The van der Waals surface area contributed by atoms with E-state index in [1.165, 1.54) is 0 Å². The molecular weight excluding hydrogens is 334 g/mol. The lowest BCUT2D eigenvalue weighted by Crippen LogP contribution is -2.24. The summed E-state index contributed by atoms with van der Waals surface area (Å²) in [5.74, 6) is 1.86. The van der Waals surface area contributed by atoms with Gasteiger partial charge in [-0.3, -0.25) is 9.48 Å². The lowest BCUT2D eigenvalue weighted by atomic mass is 10.3. The van der Waals surface area contributed by atoms with Gasteiger partial charge >= 0.3 is 0 Å². The SMILES string of the molecule is COc1ccccc1OCc1ccc(C(=O)NCCCn2cccn2)o1. The van der Waals surface area contributed by atoms with Crippen LogP contribution in [0.25, 0.3) is 0 Å². The molecule has 1 amide bonds. The van der Waals surface area contributed by atoms with Crippen LogP contribution >= 0.6 is 0 Å². The van der Waals surface area contributed by atoms with Gasteiger partial charge in [-0.2, -0.15) is 5.10 Å². The van der Waals surface area contributed by atoms with E-state index < -0.39 is 0 Å². The molecule has 2 aromatic heterocycles. The number of nitrogens with zero attached hydrogens (tertiary/aromatic N) is 2. The highest BCUT2D eigenvalue weighted by molar-refractivity contribution is 5.91. The Morgan fingerprint density at radius 2 is 2.04 bits per heavy atom. The van der Waals surface area contributed by atoms with Gasteiger partial charge in [0.15, 0.2) is 17.3 Å². The number of aryl methyl sites for hydroxylation is 1. The Kier molecular flexibility index (Phi) is 5.92. The van der Waals surface area contributed by atoms with E-state index in [2.05, 4.69) is 10.4 Å². The second-order valence-electron chi connectivity index (χ2n) is 5.58. The lowest BCUT2D eigenvalue weighted by molar-refractivity contribution is 0.0920. The number of methoxy groups -OCH3 is 1. The fraction of sp³-hybridized carbons (Fsp3) is 0.263. The maximum absolute atomic E-state index is 12.1. The van der Waals surface area contributed by atoms with Crippen molar-refractivity contribution in [3.63, 3.8) is 0 Å². The third-order valence-electron chi connectivity index (χ3n) is 3.73. The molecule has 0 aliphatic carbocycles. The van der Waals surface area contributed by atoms with Gasteiger partial charge in [0, 0.05) is 25.5 Å². The van der Waals surface area contributed by atoms with Gasteiger partial charge in [-0.1, -0.05) is 12.1 Å². The molecule has 0 fully saturated rings. The molecule has 0 atom stereocenters. The first kappa shape index (κ1) is 17.6. The van der Waals surface area contributed by atoms with Gasteiger partial charge in [-0.15, -0.1) is 0 Å². The van der Waals surface area contributed by atoms with Crippen molar-refractivity contribution < 1.29 is 18.7 Å². The number of nitrogens with one attached hydrogen (secondary N) is 1. The number of hydrogen-bond donors (Lipinski definition) is 1. The molecule has 7 heteroatoms. The number of ether oxygens (including phenoxy) is 2. The highest BCUT2D eigenvalue weighted by Gasteiger charge is 2.11. The molecule has 26 heavy (non-hydrogen) atoms. The first-order valence-electron chi connectivity index (χ1n) is 8.36. The molecule has 1 aromatic carbocycles. The average Bonchev–Trinajstić information content (AvgIpc) is 3.35. The van der Waals surface area contributed by atoms with Crippen molar-refractivity contribution in [1.29, 1.82) is 0 Å². The predicted molar refractivity (Wildman–Crippen MR) is 95.2 cm³/mol. The molecule has 0 aliphatic heterocycles. The molecule has 0 saturated heterocycles. The number of hydrogen-bond acceptors (Lipinski definition) is 5. The fourth-order valence-corrected chi connectivity index (χ4v) is 2.43. The summed E-state index contributed by atoms with van der Waals surface area (Å²) in [6, 6.07) is 12.6. The first-order valence-corrected chi connectivity index (χ1v) is 8.36. The summed E-state index contributed by atoms with van der Waals surface area (Å²) < 4.78 is 18.3. The van der Waals surface area contributed by atoms with Crippen LogP contribution in [0, 0.1) is 0 Å². The van der Waals surface area contributed by atoms with E-state index in [9.17, 15) is 4.79 Å². The van der Waals surface area contributed by atoms with E-state index in [0.717, 1.165) is 13.0 Å².